The van der Waals surface area contributed by atoms with Gasteiger partial charge in [0.1, 0.15) is 5.82 Å². The lowest BCUT2D eigenvalue weighted by Gasteiger charge is -2.32. The monoisotopic (exact) mass is 427 g/mol. The summed E-state index contributed by atoms with van der Waals surface area (Å²) in [5.74, 6) is 1.88. The van der Waals surface area contributed by atoms with Crippen molar-refractivity contribution in [2.24, 2.45) is 5.92 Å². The molecule has 0 spiro atoms. The van der Waals surface area contributed by atoms with Gasteiger partial charge in [-0.1, -0.05) is 24.1 Å². The number of unbranched alkanes of at least 4 members (excludes halogenated alkanes) is 2. The van der Waals surface area contributed by atoms with Crippen LogP contribution in [0.15, 0.2) is 36.5 Å². The number of hydrogen-bond donors (Lipinski definition) is 1. The van der Waals surface area contributed by atoms with Gasteiger partial charge in [0, 0.05) is 32.3 Å². The van der Waals surface area contributed by atoms with Crippen molar-refractivity contribution in [2.75, 3.05) is 24.5 Å². The van der Waals surface area contributed by atoms with E-state index in [-0.39, 0.29) is 11.8 Å². The van der Waals surface area contributed by atoms with Crippen molar-refractivity contribution < 1.29 is 4.79 Å². The fourth-order valence-corrected chi connectivity index (χ4v) is 3.98. The summed E-state index contributed by atoms with van der Waals surface area (Å²) in [6, 6.07) is 9.49. The van der Waals surface area contributed by atoms with E-state index < -0.39 is 0 Å². The number of rotatable bonds is 8. The number of aromatic nitrogens is 5. The second-order valence-electron chi connectivity index (χ2n) is 7.65. The van der Waals surface area contributed by atoms with Crippen LogP contribution in [0.3, 0.4) is 0 Å². The largest absolute Gasteiger partial charge is 0.356 e. The molecule has 30 heavy (non-hydrogen) atoms. The highest BCUT2D eigenvalue weighted by Gasteiger charge is 2.26. The molecule has 0 bridgehead atoms. The molecule has 1 fully saturated rings. The number of hydrogen-bond acceptors (Lipinski definition) is 6. The highest BCUT2D eigenvalue weighted by molar-refractivity contribution is 6.29. The van der Waals surface area contributed by atoms with Crippen LogP contribution in [0.4, 0.5) is 5.82 Å². The number of nitrogens with one attached hydrogen (secondary N) is 1. The van der Waals surface area contributed by atoms with Gasteiger partial charge in [0.15, 0.2) is 16.6 Å². The number of piperidine rings is 1. The van der Waals surface area contributed by atoms with Crippen molar-refractivity contribution in [3.8, 4) is 0 Å². The highest BCUT2D eigenvalue weighted by Crippen LogP contribution is 2.22. The molecule has 4 heterocycles. The predicted molar refractivity (Wildman–Crippen MR) is 116 cm³/mol. The first kappa shape index (κ1) is 20.5. The SMILES string of the molecule is O=C(NCCCCCc1nnc2ccccn12)[C@@H]1CCCN(c2ccc(Cl)nn2)C1. The molecule has 1 N–H and O–H groups in total. The Balaban J connectivity index is 1.16. The van der Waals surface area contributed by atoms with Crippen LogP contribution >= 0.6 is 11.6 Å². The van der Waals surface area contributed by atoms with E-state index in [1.807, 2.05) is 34.9 Å². The number of pyridine rings is 1. The van der Waals surface area contributed by atoms with Crippen LogP contribution in [0, 0.1) is 5.92 Å². The van der Waals surface area contributed by atoms with E-state index in [0.717, 1.165) is 62.4 Å². The number of aryl methyl sites for hydroxylation is 1. The lowest BCUT2D eigenvalue weighted by molar-refractivity contribution is -0.125. The van der Waals surface area contributed by atoms with Crippen LogP contribution in [0.1, 0.15) is 37.9 Å². The van der Waals surface area contributed by atoms with E-state index in [9.17, 15) is 4.79 Å². The summed E-state index contributed by atoms with van der Waals surface area (Å²) in [6.07, 6.45) is 7.78. The quantitative estimate of drug-likeness (QED) is 0.556. The van der Waals surface area contributed by atoms with Crippen molar-refractivity contribution in [1.82, 2.24) is 30.1 Å². The number of anilines is 1. The second kappa shape index (κ2) is 9.84. The Morgan fingerprint density at radius 3 is 2.90 bits per heavy atom. The molecule has 8 nitrogen and oxygen atoms in total. The maximum Gasteiger partial charge on any atom is 0.224 e. The molecule has 0 aromatic carbocycles. The normalized spacial score (nSPS) is 16.7. The van der Waals surface area contributed by atoms with Crippen molar-refractivity contribution >= 4 is 29.0 Å². The summed E-state index contributed by atoms with van der Waals surface area (Å²) >= 11 is 5.81. The minimum Gasteiger partial charge on any atom is -0.356 e. The van der Waals surface area contributed by atoms with E-state index in [0.29, 0.717) is 18.2 Å². The molecule has 4 rings (SSSR count). The molecule has 1 aliphatic heterocycles. The van der Waals surface area contributed by atoms with Gasteiger partial charge in [0.2, 0.25) is 5.91 Å². The number of nitrogens with zero attached hydrogens (tertiary/aromatic N) is 6. The van der Waals surface area contributed by atoms with Crippen molar-refractivity contribution in [2.45, 2.75) is 38.5 Å². The Morgan fingerprint density at radius 2 is 2.03 bits per heavy atom. The minimum absolute atomic E-state index is 0.0152. The first-order valence-corrected chi connectivity index (χ1v) is 10.9. The Kier molecular flexibility index (Phi) is 6.74. The number of amides is 1. The van der Waals surface area contributed by atoms with Gasteiger partial charge in [0.25, 0.3) is 0 Å². The molecule has 0 saturated carbocycles. The van der Waals surface area contributed by atoms with Gasteiger partial charge in [-0.15, -0.1) is 20.4 Å². The average Bonchev–Trinajstić information content (AvgIpc) is 3.20. The van der Waals surface area contributed by atoms with Crippen LogP contribution in [0.2, 0.25) is 5.15 Å². The second-order valence-corrected chi connectivity index (χ2v) is 8.03. The molecular formula is C21H26ClN7O. The molecule has 1 atom stereocenters. The van der Waals surface area contributed by atoms with Crippen molar-refractivity contribution in [3.63, 3.8) is 0 Å². The third-order valence-electron chi connectivity index (χ3n) is 5.49. The van der Waals surface area contributed by atoms with Crippen molar-refractivity contribution in [1.29, 1.82) is 0 Å². The molecular weight excluding hydrogens is 402 g/mol. The summed E-state index contributed by atoms with van der Waals surface area (Å²) in [7, 11) is 0. The van der Waals surface area contributed by atoms with Gasteiger partial charge in [-0.3, -0.25) is 9.20 Å². The van der Waals surface area contributed by atoms with Crippen LogP contribution in [-0.2, 0) is 11.2 Å². The van der Waals surface area contributed by atoms with Crippen LogP contribution in [0.5, 0.6) is 0 Å². The molecule has 1 saturated heterocycles. The third-order valence-corrected chi connectivity index (χ3v) is 5.70. The lowest BCUT2D eigenvalue weighted by Crippen LogP contribution is -2.43. The summed E-state index contributed by atoms with van der Waals surface area (Å²) in [4.78, 5) is 14.7. The van der Waals surface area contributed by atoms with Crippen LogP contribution < -0.4 is 10.2 Å². The van der Waals surface area contributed by atoms with E-state index in [1.165, 1.54) is 0 Å². The van der Waals surface area contributed by atoms with Gasteiger partial charge in [0.05, 0.1) is 5.92 Å². The Labute approximate surface area is 180 Å². The van der Waals surface area contributed by atoms with Gasteiger partial charge in [-0.25, -0.2) is 0 Å². The first-order chi connectivity index (χ1) is 14.7. The fraction of sp³-hybridized carbons (Fsp3) is 0.476. The molecule has 0 radical (unpaired) electrons. The molecule has 1 aliphatic rings. The molecule has 3 aromatic rings. The average molecular weight is 428 g/mol. The zero-order chi connectivity index (χ0) is 20.8. The lowest BCUT2D eigenvalue weighted by atomic mass is 9.97. The van der Waals surface area contributed by atoms with Crippen LogP contribution in [-0.4, -0.2) is 50.3 Å². The molecule has 0 aliphatic carbocycles. The zero-order valence-electron chi connectivity index (χ0n) is 16.9. The number of carbonyl (C=O) groups is 1. The van der Waals surface area contributed by atoms with Gasteiger partial charge < -0.3 is 10.2 Å². The molecule has 9 heteroatoms. The molecule has 0 unspecified atom stereocenters. The predicted octanol–water partition coefficient (Wildman–Crippen LogP) is 2.92. The van der Waals surface area contributed by atoms with E-state index in [1.54, 1.807) is 6.07 Å². The molecule has 3 aromatic heterocycles. The standard InChI is InChI=1S/C21H26ClN7O/c22-17-10-11-18(25-24-17)28-13-6-7-16(15-28)21(30)23-12-4-1-2-8-19-26-27-20-9-3-5-14-29(19)20/h3,5,9-11,14,16H,1-2,4,6-8,12-13,15H2,(H,23,30)/t16-/m1/s1. The zero-order valence-corrected chi connectivity index (χ0v) is 17.6. The Morgan fingerprint density at radius 1 is 1.10 bits per heavy atom. The summed E-state index contributed by atoms with van der Waals surface area (Å²) in [5, 5.41) is 20.0. The fourth-order valence-electron chi connectivity index (χ4n) is 3.88. The first-order valence-electron chi connectivity index (χ1n) is 10.5. The highest BCUT2D eigenvalue weighted by atomic mass is 35.5. The van der Waals surface area contributed by atoms with Gasteiger partial charge in [-0.2, -0.15) is 0 Å². The van der Waals surface area contributed by atoms with Crippen molar-refractivity contribution in [3.05, 3.63) is 47.5 Å². The van der Waals surface area contributed by atoms with E-state index in [2.05, 4.69) is 30.6 Å². The maximum absolute atomic E-state index is 12.6. The summed E-state index contributed by atoms with van der Waals surface area (Å²) in [5.41, 5.74) is 0.880. The third kappa shape index (κ3) is 5.05. The topological polar surface area (TPSA) is 88.3 Å². The van der Waals surface area contributed by atoms with Gasteiger partial charge in [-0.05, 0) is 49.9 Å². The maximum atomic E-state index is 12.6. The van der Waals surface area contributed by atoms with E-state index in [4.69, 9.17) is 11.6 Å². The number of halogens is 1. The minimum atomic E-state index is -0.0152. The Bertz CT molecular complexity index is 975. The number of carbonyl (C=O) groups excluding carboxylic acids is 1. The van der Waals surface area contributed by atoms with Gasteiger partial charge >= 0.3 is 0 Å². The summed E-state index contributed by atoms with van der Waals surface area (Å²) in [6.45, 7) is 2.26. The molecule has 1 amide bonds. The number of fused-ring (bicyclic) bond motifs is 1. The van der Waals surface area contributed by atoms with E-state index >= 15 is 0 Å². The smallest absolute Gasteiger partial charge is 0.224 e. The Hall–Kier alpha value is -2.74. The molecule has 158 valence electrons. The van der Waals surface area contributed by atoms with Crippen LogP contribution in [0.25, 0.3) is 5.65 Å². The summed E-state index contributed by atoms with van der Waals surface area (Å²) < 4.78 is 2.03.